The second kappa shape index (κ2) is 7.00. The van der Waals surface area contributed by atoms with Crippen LogP contribution in [0.25, 0.3) is 0 Å². The summed E-state index contributed by atoms with van der Waals surface area (Å²) in [6.07, 6.45) is 3.96. The molecule has 6 nitrogen and oxygen atoms in total. The molecule has 2 aromatic heterocycles. The van der Waals surface area contributed by atoms with Crippen LogP contribution in [0.1, 0.15) is 50.5 Å². The first-order chi connectivity index (χ1) is 10.8. The molecular weight excluding hydrogens is 294 g/mol. The fourth-order valence-electron chi connectivity index (χ4n) is 2.40. The Morgan fingerprint density at radius 2 is 2.22 bits per heavy atom. The van der Waals surface area contributed by atoms with Gasteiger partial charge in [-0.2, -0.15) is 0 Å². The van der Waals surface area contributed by atoms with Gasteiger partial charge in [0.25, 0.3) is 0 Å². The number of amides is 1. The lowest BCUT2D eigenvalue weighted by Gasteiger charge is -2.21. The molecule has 2 N–H and O–H groups in total. The average Bonchev–Trinajstić information content (AvgIpc) is 3.11. The molecule has 0 saturated carbocycles. The molecule has 1 unspecified atom stereocenters. The molecule has 2 rings (SSSR count). The van der Waals surface area contributed by atoms with Crippen molar-refractivity contribution >= 4 is 5.91 Å². The molecule has 0 aliphatic rings. The van der Waals surface area contributed by atoms with Crippen LogP contribution in [0, 0.1) is 6.92 Å². The van der Waals surface area contributed by atoms with Gasteiger partial charge in [0.15, 0.2) is 0 Å². The topological polar surface area (TPSA) is 80.3 Å². The molecule has 0 aromatic carbocycles. The minimum Gasteiger partial charge on any atom is -0.463 e. The molecule has 2 heterocycles. The van der Waals surface area contributed by atoms with Gasteiger partial charge >= 0.3 is 0 Å². The second-order valence-electron chi connectivity index (χ2n) is 6.34. The molecule has 0 aliphatic carbocycles. The van der Waals surface area contributed by atoms with E-state index in [1.807, 2.05) is 17.7 Å². The molecule has 1 atom stereocenters. The van der Waals surface area contributed by atoms with Crippen LogP contribution in [0.4, 0.5) is 0 Å². The van der Waals surface area contributed by atoms with Crippen LogP contribution in [-0.2, 0) is 16.9 Å². The van der Waals surface area contributed by atoms with Crippen LogP contribution in [0.5, 0.6) is 0 Å². The van der Waals surface area contributed by atoms with E-state index in [4.69, 9.17) is 4.42 Å². The second-order valence-corrected chi connectivity index (χ2v) is 6.34. The summed E-state index contributed by atoms with van der Waals surface area (Å²) < 4.78 is 7.41. The third-order valence-electron chi connectivity index (χ3n) is 3.74. The molecule has 23 heavy (non-hydrogen) atoms. The number of carbonyl (C=O) groups is 1. The van der Waals surface area contributed by atoms with Crippen molar-refractivity contribution < 1.29 is 14.3 Å². The van der Waals surface area contributed by atoms with Gasteiger partial charge in [-0.15, -0.1) is 0 Å². The van der Waals surface area contributed by atoms with E-state index in [9.17, 15) is 9.90 Å². The predicted molar refractivity (Wildman–Crippen MR) is 87.0 cm³/mol. The van der Waals surface area contributed by atoms with Crippen molar-refractivity contribution in [1.82, 2.24) is 14.9 Å². The third-order valence-corrected chi connectivity index (χ3v) is 3.74. The highest BCUT2D eigenvalue weighted by atomic mass is 16.4. The van der Waals surface area contributed by atoms with Gasteiger partial charge in [-0.25, -0.2) is 4.98 Å². The first kappa shape index (κ1) is 17.3. The van der Waals surface area contributed by atoms with E-state index in [1.165, 1.54) is 0 Å². The number of furan rings is 1. The van der Waals surface area contributed by atoms with E-state index in [0.29, 0.717) is 24.6 Å². The van der Waals surface area contributed by atoms with Crippen LogP contribution in [0.3, 0.4) is 0 Å². The summed E-state index contributed by atoms with van der Waals surface area (Å²) in [5, 5.41) is 13.2. The number of aromatic nitrogens is 2. The molecular formula is C17H25N3O3. The Kier molecular flexibility index (Phi) is 5.26. The Balaban J connectivity index is 1.84. The molecule has 0 aliphatic heterocycles. The van der Waals surface area contributed by atoms with Crippen molar-refractivity contribution in [3.8, 4) is 0 Å². The molecule has 126 valence electrons. The lowest BCUT2D eigenvalue weighted by atomic mass is 10.0. The Labute approximate surface area is 136 Å². The highest BCUT2D eigenvalue weighted by Crippen LogP contribution is 2.22. The first-order valence-electron chi connectivity index (χ1n) is 7.86. The summed E-state index contributed by atoms with van der Waals surface area (Å²) in [5.74, 6) is 2.35. The van der Waals surface area contributed by atoms with Gasteiger partial charge in [-0.05, 0) is 26.0 Å². The van der Waals surface area contributed by atoms with Crippen LogP contribution in [0.2, 0.25) is 0 Å². The quantitative estimate of drug-likeness (QED) is 0.821. The predicted octanol–water partition coefficient (Wildman–Crippen LogP) is 2.32. The largest absolute Gasteiger partial charge is 0.463 e. The van der Waals surface area contributed by atoms with E-state index in [2.05, 4.69) is 24.1 Å². The lowest BCUT2D eigenvalue weighted by molar-refractivity contribution is -0.122. The van der Waals surface area contributed by atoms with Crippen molar-refractivity contribution in [2.45, 2.75) is 52.2 Å². The summed E-state index contributed by atoms with van der Waals surface area (Å²) in [7, 11) is 0. The minimum absolute atomic E-state index is 0.111. The fraction of sp³-hybridized carbons (Fsp3) is 0.529. The number of nitrogens with zero attached hydrogens (tertiary/aromatic N) is 2. The molecule has 1 amide bonds. The SMILES string of the molecule is Cc1ccc(C(C)(O)CNC(=O)CCn2ccnc2C(C)C)o1. The molecule has 0 bridgehead atoms. The maximum atomic E-state index is 12.0. The van der Waals surface area contributed by atoms with E-state index >= 15 is 0 Å². The Hall–Kier alpha value is -2.08. The summed E-state index contributed by atoms with van der Waals surface area (Å²) in [5.41, 5.74) is -1.22. The zero-order valence-electron chi connectivity index (χ0n) is 14.2. The summed E-state index contributed by atoms with van der Waals surface area (Å²) in [6, 6.07) is 3.51. The van der Waals surface area contributed by atoms with Crippen molar-refractivity contribution in [2.24, 2.45) is 0 Å². The molecule has 0 saturated heterocycles. The fourth-order valence-corrected chi connectivity index (χ4v) is 2.40. The standard InChI is InChI=1S/C17H25N3O3/c1-12(2)16-18-8-10-20(16)9-7-15(21)19-11-17(4,22)14-6-5-13(3)23-14/h5-6,8,10,12,22H,7,9,11H2,1-4H3,(H,19,21). The number of aliphatic hydroxyl groups is 1. The highest BCUT2D eigenvalue weighted by molar-refractivity contribution is 5.75. The van der Waals surface area contributed by atoms with Crippen LogP contribution in [0.15, 0.2) is 28.9 Å². The highest BCUT2D eigenvalue weighted by Gasteiger charge is 2.27. The van der Waals surface area contributed by atoms with Crippen LogP contribution in [-0.4, -0.2) is 27.1 Å². The van der Waals surface area contributed by atoms with Crippen LogP contribution >= 0.6 is 0 Å². The first-order valence-corrected chi connectivity index (χ1v) is 7.86. The van der Waals surface area contributed by atoms with Crippen molar-refractivity contribution in [3.63, 3.8) is 0 Å². The molecule has 0 radical (unpaired) electrons. The van der Waals surface area contributed by atoms with Gasteiger partial charge in [-0.3, -0.25) is 4.79 Å². The molecule has 2 aromatic rings. The smallest absolute Gasteiger partial charge is 0.221 e. The van der Waals surface area contributed by atoms with Gasteiger partial charge in [0.1, 0.15) is 22.9 Å². The number of imidazole rings is 1. The van der Waals surface area contributed by atoms with Gasteiger partial charge in [0.2, 0.25) is 5.91 Å². The summed E-state index contributed by atoms with van der Waals surface area (Å²) in [4.78, 5) is 16.3. The van der Waals surface area contributed by atoms with E-state index in [0.717, 1.165) is 11.6 Å². The number of aryl methyl sites for hydroxylation is 2. The van der Waals surface area contributed by atoms with E-state index in [-0.39, 0.29) is 12.5 Å². The number of rotatable bonds is 7. The zero-order chi connectivity index (χ0) is 17.0. The third kappa shape index (κ3) is 4.45. The van der Waals surface area contributed by atoms with Gasteiger partial charge in [-0.1, -0.05) is 13.8 Å². The van der Waals surface area contributed by atoms with Crippen molar-refractivity contribution in [2.75, 3.05) is 6.54 Å². The van der Waals surface area contributed by atoms with Crippen LogP contribution < -0.4 is 5.32 Å². The number of hydrogen-bond acceptors (Lipinski definition) is 4. The normalized spacial score (nSPS) is 14.0. The van der Waals surface area contributed by atoms with Crippen molar-refractivity contribution in [3.05, 3.63) is 41.9 Å². The summed E-state index contributed by atoms with van der Waals surface area (Å²) in [6.45, 7) is 8.26. The molecule has 0 spiro atoms. The molecule has 0 fully saturated rings. The number of carbonyl (C=O) groups excluding carboxylic acids is 1. The van der Waals surface area contributed by atoms with Gasteiger partial charge in [0.05, 0.1) is 6.54 Å². The van der Waals surface area contributed by atoms with Gasteiger partial charge in [0, 0.05) is 31.3 Å². The van der Waals surface area contributed by atoms with Crippen molar-refractivity contribution in [1.29, 1.82) is 0 Å². The Morgan fingerprint density at radius 3 is 2.83 bits per heavy atom. The Bertz CT molecular complexity index is 656. The maximum Gasteiger partial charge on any atom is 0.221 e. The lowest BCUT2D eigenvalue weighted by Crippen LogP contribution is -2.38. The summed E-state index contributed by atoms with van der Waals surface area (Å²) >= 11 is 0. The Morgan fingerprint density at radius 1 is 1.48 bits per heavy atom. The van der Waals surface area contributed by atoms with Gasteiger partial charge < -0.3 is 19.4 Å². The van der Waals surface area contributed by atoms with E-state index in [1.54, 1.807) is 25.3 Å². The maximum absolute atomic E-state index is 12.0. The van der Waals surface area contributed by atoms with E-state index < -0.39 is 5.60 Å². The average molecular weight is 319 g/mol. The monoisotopic (exact) mass is 319 g/mol. The number of hydrogen-bond donors (Lipinski definition) is 2. The zero-order valence-corrected chi connectivity index (χ0v) is 14.2. The molecule has 6 heteroatoms. The minimum atomic E-state index is -1.22. The number of nitrogens with one attached hydrogen (secondary N) is 1.